The molecule has 92 valence electrons. The molecule has 0 fully saturated rings. The highest BCUT2D eigenvalue weighted by Gasteiger charge is 2.13. The summed E-state index contributed by atoms with van der Waals surface area (Å²) in [5, 5.41) is 4.46. The van der Waals surface area contributed by atoms with Gasteiger partial charge in [-0.05, 0) is 12.1 Å². The molecule has 18 heavy (non-hydrogen) atoms. The first-order valence-corrected chi connectivity index (χ1v) is 5.72. The summed E-state index contributed by atoms with van der Waals surface area (Å²) in [5.74, 6) is -0.555. The third-order valence-electron chi connectivity index (χ3n) is 2.35. The highest BCUT2D eigenvalue weighted by molar-refractivity contribution is 7.80. The molecule has 0 aliphatic carbocycles. The first-order chi connectivity index (χ1) is 8.50. The van der Waals surface area contributed by atoms with Crippen molar-refractivity contribution >= 4 is 34.7 Å². The second-order valence-electron chi connectivity index (χ2n) is 3.54. The van der Waals surface area contributed by atoms with E-state index in [2.05, 4.69) is 5.10 Å². The minimum Gasteiger partial charge on any atom is -0.389 e. The van der Waals surface area contributed by atoms with Crippen molar-refractivity contribution in [1.29, 1.82) is 0 Å². The molecule has 1 heterocycles. The van der Waals surface area contributed by atoms with Crippen molar-refractivity contribution in [3.05, 3.63) is 46.7 Å². The number of amides is 1. The third-order valence-corrected chi connectivity index (χ3v) is 2.87. The van der Waals surface area contributed by atoms with Crippen molar-refractivity contribution < 1.29 is 4.79 Å². The van der Waals surface area contributed by atoms with E-state index in [-0.39, 0.29) is 4.99 Å². The van der Waals surface area contributed by atoms with E-state index in [1.165, 1.54) is 17.1 Å². The minimum atomic E-state index is -0.555. The number of rotatable bonds is 3. The van der Waals surface area contributed by atoms with Crippen LogP contribution < -0.4 is 11.5 Å². The molecule has 1 aromatic carbocycles. The van der Waals surface area contributed by atoms with E-state index < -0.39 is 5.91 Å². The predicted octanol–water partition coefficient (Wildman–Crippen LogP) is 1.26. The highest BCUT2D eigenvalue weighted by atomic mass is 35.5. The number of nitrogens with two attached hydrogens (primary N) is 2. The summed E-state index contributed by atoms with van der Waals surface area (Å²) in [6.45, 7) is 0. The van der Waals surface area contributed by atoms with Crippen molar-refractivity contribution in [2.75, 3.05) is 0 Å². The Kier molecular flexibility index (Phi) is 3.31. The smallest absolute Gasteiger partial charge is 0.251 e. The number of hydrogen-bond acceptors (Lipinski definition) is 3. The SMILES string of the molecule is NC(=O)c1cnn(-c2cccc(Cl)c2C(N)=S)c1. The van der Waals surface area contributed by atoms with Gasteiger partial charge in [0.1, 0.15) is 4.99 Å². The first kappa shape index (κ1) is 12.5. The number of nitrogens with zero attached hydrogens (tertiary/aromatic N) is 2. The zero-order chi connectivity index (χ0) is 13.3. The number of carbonyl (C=O) groups is 1. The van der Waals surface area contributed by atoms with Gasteiger partial charge in [0.15, 0.2) is 0 Å². The number of thiocarbonyl (C=S) groups is 1. The molecule has 0 aliphatic heterocycles. The monoisotopic (exact) mass is 280 g/mol. The third kappa shape index (κ3) is 2.20. The topological polar surface area (TPSA) is 86.9 Å². The summed E-state index contributed by atoms with van der Waals surface area (Å²) in [6.07, 6.45) is 2.86. The maximum Gasteiger partial charge on any atom is 0.251 e. The van der Waals surface area contributed by atoms with Gasteiger partial charge in [0.25, 0.3) is 5.91 Å². The van der Waals surface area contributed by atoms with E-state index in [0.29, 0.717) is 21.8 Å². The number of benzene rings is 1. The zero-order valence-electron chi connectivity index (χ0n) is 9.13. The quantitative estimate of drug-likeness (QED) is 0.829. The van der Waals surface area contributed by atoms with Gasteiger partial charge < -0.3 is 11.5 Å². The molecule has 2 aromatic rings. The Balaban J connectivity index is 2.59. The Morgan fingerprint density at radius 1 is 1.39 bits per heavy atom. The van der Waals surface area contributed by atoms with Gasteiger partial charge in [-0.2, -0.15) is 5.10 Å². The van der Waals surface area contributed by atoms with Crippen LogP contribution in [0.4, 0.5) is 0 Å². The van der Waals surface area contributed by atoms with Gasteiger partial charge in [0.05, 0.1) is 28.0 Å². The van der Waals surface area contributed by atoms with E-state index in [9.17, 15) is 4.79 Å². The van der Waals surface area contributed by atoms with Crippen molar-refractivity contribution in [3.63, 3.8) is 0 Å². The van der Waals surface area contributed by atoms with Crippen LogP contribution in [0.1, 0.15) is 15.9 Å². The Morgan fingerprint density at radius 2 is 2.11 bits per heavy atom. The number of aromatic nitrogens is 2. The molecule has 4 N–H and O–H groups in total. The number of hydrogen-bond donors (Lipinski definition) is 2. The molecule has 0 unspecified atom stereocenters. The van der Waals surface area contributed by atoms with Gasteiger partial charge in [-0.25, -0.2) is 4.68 Å². The number of halogens is 1. The molecule has 0 saturated heterocycles. The Morgan fingerprint density at radius 3 is 2.67 bits per heavy atom. The molecule has 0 spiro atoms. The van der Waals surface area contributed by atoms with Gasteiger partial charge in [0.2, 0.25) is 0 Å². The summed E-state index contributed by atoms with van der Waals surface area (Å²) >= 11 is 11.0. The van der Waals surface area contributed by atoms with Gasteiger partial charge >= 0.3 is 0 Å². The molecule has 1 amide bonds. The van der Waals surface area contributed by atoms with Crippen LogP contribution in [0.15, 0.2) is 30.6 Å². The molecule has 0 radical (unpaired) electrons. The first-order valence-electron chi connectivity index (χ1n) is 4.94. The van der Waals surface area contributed by atoms with E-state index >= 15 is 0 Å². The van der Waals surface area contributed by atoms with Crippen LogP contribution in [-0.2, 0) is 0 Å². The largest absolute Gasteiger partial charge is 0.389 e. The summed E-state index contributed by atoms with van der Waals surface area (Å²) in [5.41, 5.74) is 12.2. The van der Waals surface area contributed by atoms with Crippen LogP contribution in [0.2, 0.25) is 5.02 Å². The standard InChI is InChI=1S/C11H9ClN4OS/c12-7-2-1-3-8(9(7)11(14)18)16-5-6(4-15-16)10(13)17/h1-5H,(H2,13,17)(H2,14,18). The zero-order valence-corrected chi connectivity index (χ0v) is 10.7. The summed E-state index contributed by atoms with van der Waals surface area (Å²) in [6, 6.07) is 5.17. The van der Waals surface area contributed by atoms with Crippen LogP contribution in [-0.4, -0.2) is 20.7 Å². The average molecular weight is 281 g/mol. The average Bonchev–Trinajstić information content (AvgIpc) is 2.77. The fraction of sp³-hybridized carbons (Fsp3) is 0. The minimum absolute atomic E-state index is 0.159. The predicted molar refractivity (Wildman–Crippen MR) is 73.0 cm³/mol. The van der Waals surface area contributed by atoms with Crippen LogP contribution >= 0.6 is 23.8 Å². The van der Waals surface area contributed by atoms with Crippen molar-refractivity contribution in [2.24, 2.45) is 11.5 Å². The molecule has 7 heteroatoms. The van der Waals surface area contributed by atoms with E-state index in [1.54, 1.807) is 18.2 Å². The van der Waals surface area contributed by atoms with Crippen LogP contribution in [0.25, 0.3) is 5.69 Å². The second-order valence-corrected chi connectivity index (χ2v) is 4.38. The lowest BCUT2D eigenvalue weighted by atomic mass is 10.2. The van der Waals surface area contributed by atoms with Gasteiger partial charge in [-0.1, -0.05) is 29.9 Å². The van der Waals surface area contributed by atoms with Crippen molar-refractivity contribution in [1.82, 2.24) is 9.78 Å². The lowest BCUT2D eigenvalue weighted by Crippen LogP contribution is -2.14. The lowest BCUT2D eigenvalue weighted by molar-refractivity contribution is 0.100. The number of carbonyl (C=O) groups excluding carboxylic acids is 1. The molecule has 0 aliphatic rings. The van der Waals surface area contributed by atoms with Crippen LogP contribution in [0, 0.1) is 0 Å². The maximum atomic E-state index is 11.0. The molecule has 0 saturated carbocycles. The molecule has 0 atom stereocenters. The van der Waals surface area contributed by atoms with E-state index in [4.69, 9.17) is 35.3 Å². The molecular formula is C11H9ClN4OS. The lowest BCUT2D eigenvalue weighted by Gasteiger charge is -2.09. The second kappa shape index (κ2) is 4.75. The Hall–Kier alpha value is -1.92. The Labute approximate surface area is 113 Å². The molecule has 5 nitrogen and oxygen atoms in total. The highest BCUT2D eigenvalue weighted by Crippen LogP contribution is 2.23. The normalized spacial score (nSPS) is 10.3. The molecular weight excluding hydrogens is 272 g/mol. The molecule has 1 aromatic heterocycles. The van der Waals surface area contributed by atoms with Crippen molar-refractivity contribution in [2.45, 2.75) is 0 Å². The molecule has 0 bridgehead atoms. The Bertz CT molecular complexity index is 638. The van der Waals surface area contributed by atoms with Crippen molar-refractivity contribution in [3.8, 4) is 5.69 Å². The van der Waals surface area contributed by atoms with Gasteiger partial charge in [-0.15, -0.1) is 0 Å². The molecule has 2 rings (SSSR count). The summed E-state index contributed by atoms with van der Waals surface area (Å²) in [4.78, 5) is 11.2. The van der Waals surface area contributed by atoms with E-state index in [0.717, 1.165) is 0 Å². The van der Waals surface area contributed by atoms with Crippen LogP contribution in [0.3, 0.4) is 0 Å². The van der Waals surface area contributed by atoms with Gasteiger partial charge in [-0.3, -0.25) is 4.79 Å². The number of primary amides is 1. The van der Waals surface area contributed by atoms with E-state index in [1.807, 2.05) is 0 Å². The fourth-order valence-corrected chi connectivity index (χ4v) is 2.07. The summed E-state index contributed by atoms with van der Waals surface area (Å²) in [7, 11) is 0. The fourth-order valence-electron chi connectivity index (χ4n) is 1.53. The summed E-state index contributed by atoms with van der Waals surface area (Å²) < 4.78 is 1.46. The van der Waals surface area contributed by atoms with Gasteiger partial charge in [0, 0.05) is 6.20 Å². The van der Waals surface area contributed by atoms with Crippen LogP contribution in [0.5, 0.6) is 0 Å². The maximum absolute atomic E-state index is 11.0.